The summed E-state index contributed by atoms with van der Waals surface area (Å²) in [5.74, 6) is -3.45. The van der Waals surface area contributed by atoms with Crippen molar-refractivity contribution in [1.29, 1.82) is 0 Å². The number of rotatable bonds is 5. The lowest BCUT2D eigenvalue weighted by molar-refractivity contribution is -0.160. The van der Waals surface area contributed by atoms with E-state index < -0.39 is 64.8 Å². The lowest BCUT2D eigenvalue weighted by atomic mass is 9.86. The van der Waals surface area contributed by atoms with Gasteiger partial charge < -0.3 is 31.3 Å². The Kier molecular flexibility index (Phi) is 11.9. The molecule has 0 aromatic carbocycles. The lowest BCUT2D eigenvalue weighted by Crippen LogP contribution is -2.60. The predicted molar refractivity (Wildman–Crippen MR) is 173 cm³/mol. The number of ether oxygens (including phenoxy) is 1. The summed E-state index contributed by atoms with van der Waals surface area (Å²) in [6, 6.07) is -4.50. The molecule has 2 heterocycles. The second kappa shape index (κ2) is 14.7. The monoisotopic (exact) mass is 647 g/mol. The number of carbonyl (C=O) groups is 6. The van der Waals surface area contributed by atoms with E-state index in [1.165, 1.54) is 4.90 Å². The second-order valence-electron chi connectivity index (χ2n) is 16.1. The first-order valence-electron chi connectivity index (χ1n) is 17.0. The van der Waals surface area contributed by atoms with Gasteiger partial charge in [-0.25, -0.2) is 9.59 Å². The molecular weight excluding hydrogens is 590 g/mol. The van der Waals surface area contributed by atoms with Gasteiger partial charge in [-0.05, 0) is 56.3 Å². The molecule has 5 amide bonds. The summed E-state index contributed by atoms with van der Waals surface area (Å²) < 4.78 is 5.57. The van der Waals surface area contributed by atoms with E-state index in [1.54, 1.807) is 20.8 Å². The molecule has 12 heteroatoms. The highest BCUT2D eigenvalue weighted by Gasteiger charge is 2.69. The van der Waals surface area contributed by atoms with Gasteiger partial charge in [0.1, 0.15) is 23.7 Å². The van der Waals surface area contributed by atoms with Crippen LogP contribution < -0.4 is 21.7 Å². The number of hydrogen-bond donors (Lipinski definition) is 4. The van der Waals surface area contributed by atoms with Crippen LogP contribution in [0, 0.1) is 22.7 Å². The van der Waals surface area contributed by atoms with Crippen molar-refractivity contribution >= 4 is 35.5 Å². The number of piperidine rings is 1. The van der Waals surface area contributed by atoms with Crippen molar-refractivity contribution in [3.63, 3.8) is 0 Å². The molecule has 2 unspecified atom stereocenters. The molecule has 1 saturated carbocycles. The van der Waals surface area contributed by atoms with Crippen LogP contribution in [0.3, 0.4) is 0 Å². The molecule has 5 N–H and O–H groups in total. The van der Waals surface area contributed by atoms with Crippen molar-refractivity contribution < 1.29 is 33.5 Å². The number of nitrogens with two attached hydrogens (primary N) is 1. The van der Waals surface area contributed by atoms with Crippen LogP contribution in [0.15, 0.2) is 0 Å². The fourth-order valence-corrected chi connectivity index (χ4v) is 7.05. The first-order valence-corrected chi connectivity index (χ1v) is 17.0. The molecule has 3 fully saturated rings. The molecule has 0 spiro atoms. The standard InChI is InChI=1S/C34H57N5O7/c1-32(2,3)26(30(44)46-33(4,5)6)38-31(45)37-22-18-16-14-12-10-9-11-13-15-17-21(25(40)27(35)41)36-28(42)24-23-20(34(23,7)8)19-39(24)29(22)43/h20-24,26H,9-19H2,1-8H3,(H2,35,41)(H,36,42)(H2,37,38,45)/t20-,21?,22-,23-,24-,26?/m0/s1. The van der Waals surface area contributed by atoms with E-state index in [4.69, 9.17) is 10.5 Å². The molecule has 1 aliphatic carbocycles. The van der Waals surface area contributed by atoms with Gasteiger partial charge in [0.05, 0.1) is 6.04 Å². The van der Waals surface area contributed by atoms with Gasteiger partial charge in [0.25, 0.3) is 5.91 Å². The third-order valence-electron chi connectivity index (χ3n) is 9.76. The smallest absolute Gasteiger partial charge is 0.329 e. The molecule has 3 aliphatic rings. The quantitative estimate of drug-likeness (QED) is 0.261. The fourth-order valence-electron chi connectivity index (χ4n) is 7.05. The number of nitrogens with one attached hydrogen (secondary N) is 3. The minimum Gasteiger partial charge on any atom is -0.458 e. The van der Waals surface area contributed by atoms with Crippen LogP contribution in [-0.2, 0) is 28.7 Å². The summed E-state index contributed by atoms with van der Waals surface area (Å²) in [6.07, 6.45) is 7.74. The van der Waals surface area contributed by atoms with Gasteiger partial charge in [-0.1, -0.05) is 86.0 Å². The molecule has 0 radical (unpaired) electrons. The Morgan fingerprint density at radius 2 is 1.46 bits per heavy atom. The maximum absolute atomic E-state index is 14.2. The summed E-state index contributed by atoms with van der Waals surface area (Å²) in [5.41, 5.74) is 3.72. The molecule has 3 rings (SSSR count). The fraction of sp³-hybridized carbons (Fsp3) is 0.824. The number of ketones is 1. The van der Waals surface area contributed by atoms with E-state index in [2.05, 4.69) is 29.8 Å². The Morgan fingerprint density at radius 1 is 0.913 bits per heavy atom. The predicted octanol–water partition coefficient (Wildman–Crippen LogP) is 3.35. The van der Waals surface area contributed by atoms with Gasteiger partial charge >= 0.3 is 12.0 Å². The molecule has 0 bridgehead atoms. The highest BCUT2D eigenvalue weighted by molar-refractivity contribution is 6.37. The van der Waals surface area contributed by atoms with Crippen LogP contribution >= 0.6 is 0 Å². The molecule has 2 saturated heterocycles. The number of primary amides is 1. The van der Waals surface area contributed by atoms with Crippen LogP contribution in [0.5, 0.6) is 0 Å². The average molecular weight is 648 g/mol. The van der Waals surface area contributed by atoms with Crippen molar-refractivity contribution in [3.05, 3.63) is 0 Å². The largest absolute Gasteiger partial charge is 0.458 e. The number of carbonyl (C=O) groups excluding carboxylic acids is 6. The summed E-state index contributed by atoms with van der Waals surface area (Å²) in [7, 11) is 0. The number of nitrogens with zero attached hydrogens (tertiary/aromatic N) is 1. The van der Waals surface area contributed by atoms with Gasteiger partial charge in [0, 0.05) is 6.54 Å². The van der Waals surface area contributed by atoms with Gasteiger partial charge in [-0.15, -0.1) is 0 Å². The Labute approximate surface area is 274 Å². The Morgan fingerprint density at radius 3 is 1.98 bits per heavy atom. The second-order valence-corrected chi connectivity index (χ2v) is 16.1. The van der Waals surface area contributed by atoms with Gasteiger partial charge in [0.2, 0.25) is 17.6 Å². The number of amides is 5. The number of urea groups is 1. The average Bonchev–Trinajstić information content (AvgIpc) is 3.25. The summed E-state index contributed by atoms with van der Waals surface area (Å²) in [4.78, 5) is 80.7. The molecule has 260 valence electrons. The Balaban J connectivity index is 1.87. The molecule has 46 heavy (non-hydrogen) atoms. The van der Waals surface area contributed by atoms with Gasteiger partial charge in [-0.2, -0.15) is 0 Å². The summed E-state index contributed by atoms with van der Waals surface area (Å²) in [5, 5.41) is 8.35. The maximum Gasteiger partial charge on any atom is 0.329 e. The zero-order valence-electron chi connectivity index (χ0n) is 29.1. The molecule has 0 aromatic rings. The minimum absolute atomic E-state index is 0.0787. The third kappa shape index (κ3) is 9.44. The van der Waals surface area contributed by atoms with E-state index in [9.17, 15) is 28.8 Å². The molecule has 0 aromatic heterocycles. The van der Waals surface area contributed by atoms with E-state index in [-0.39, 0.29) is 23.2 Å². The first-order chi connectivity index (χ1) is 21.3. The molecule has 2 aliphatic heterocycles. The third-order valence-corrected chi connectivity index (χ3v) is 9.76. The topological polar surface area (TPSA) is 177 Å². The van der Waals surface area contributed by atoms with Crippen molar-refractivity contribution in [2.24, 2.45) is 28.4 Å². The van der Waals surface area contributed by atoms with Crippen LogP contribution in [0.2, 0.25) is 0 Å². The Bertz CT molecular complexity index is 1170. The van der Waals surface area contributed by atoms with E-state index in [0.717, 1.165) is 38.5 Å². The van der Waals surface area contributed by atoms with Crippen molar-refractivity contribution in [2.45, 2.75) is 149 Å². The van der Waals surface area contributed by atoms with Crippen LogP contribution in [0.1, 0.15) is 120 Å². The number of Topliss-reactive ketones (excluding diaryl/α,β-unsaturated/α-hetero) is 1. The van der Waals surface area contributed by atoms with Crippen LogP contribution in [-0.4, -0.2) is 76.7 Å². The number of esters is 1. The van der Waals surface area contributed by atoms with Gasteiger partial charge in [0.15, 0.2) is 0 Å². The van der Waals surface area contributed by atoms with Crippen LogP contribution in [0.4, 0.5) is 4.79 Å². The molecule has 6 atom stereocenters. The highest BCUT2D eigenvalue weighted by atomic mass is 16.6. The molecule has 12 nitrogen and oxygen atoms in total. The van der Waals surface area contributed by atoms with Crippen molar-refractivity contribution in [3.8, 4) is 0 Å². The normalized spacial score (nSPS) is 28.4. The maximum atomic E-state index is 14.2. The molecular formula is C34H57N5O7. The van der Waals surface area contributed by atoms with Gasteiger partial charge in [-0.3, -0.25) is 19.2 Å². The summed E-state index contributed by atoms with van der Waals surface area (Å²) >= 11 is 0. The highest BCUT2D eigenvalue weighted by Crippen LogP contribution is 2.65. The Hall–Kier alpha value is -3.18. The first kappa shape index (κ1) is 37.3. The van der Waals surface area contributed by atoms with Crippen molar-refractivity contribution in [1.82, 2.24) is 20.9 Å². The zero-order chi connectivity index (χ0) is 34.6. The van der Waals surface area contributed by atoms with E-state index >= 15 is 0 Å². The van der Waals surface area contributed by atoms with Crippen LogP contribution in [0.25, 0.3) is 0 Å². The van der Waals surface area contributed by atoms with E-state index in [1.807, 2.05) is 20.8 Å². The number of hydrogen-bond acceptors (Lipinski definition) is 7. The van der Waals surface area contributed by atoms with Crippen molar-refractivity contribution in [2.75, 3.05) is 6.54 Å². The number of fused-ring (bicyclic) bond motifs is 3. The summed E-state index contributed by atoms with van der Waals surface area (Å²) in [6.45, 7) is 15.2. The minimum atomic E-state index is -1.10. The van der Waals surface area contributed by atoms with E-state index in [0.29, 0.717) is 32.2 Å². The lowest BCUT2D eigenvalue weighted by Gasteiger charge is -2.35. The zero-order valence-corrected chi connectivity index (χ0v) is 29.1. The SMILES string of the molecule is CC(C)(C)OC(=O)C(NC(=O)N[C@H]1CCCCCCCCCCC(C(=O)C(N)=O)NC(=O)[C@@H]2[C@@H]3[C@H](CN2C1=O)C3(C)C)C(C)(C)C.